The number of carbonyl (C=O) groups is 1. The minimum atomic E-state index is -0.0177. The monoisotopic (exact) mass is 248 g/mol. The lowest BCUT2D eigenvalue weighted by Crippen LogP contribution is -2.51. The van der Waals surface area contributed by atoms with Crippen molar-refractivity contribution >= 4 is 27.5 Å². The Labute approximate surface area is 103 Å². The summed E-state index contributed by atoms with van der Waals surface area (Å²) in [5.41, 5.74) is 0.875. The Hall–Kier alpha value is -1.46. The van der Waals surface area contributed by atoms with Crippen molar-refractivity contribution in [1.82, 2.24) is 9.88 Å². The number of benzene rings is 1. The zero-order valence-corrected chi connectivity index (χ0v) is 9.98. The maximum absolute atomic E-state index is 12.1. The summed E-state index contributed by atoms with van der Waals surface area (Å²) < 4.78 is 1.04. The molecule has 1 aliphatic heterocycles. The molecule has 5 heteroatoms. The summed E-state index contributed by atoms with van der Waals surface area (Å²) in [4.78, 5) is 18.1. The van der Waals surface area contributed by atoms with Crippen LogP contribution in [0.25, 0.3) is 10.2 Å². The third-order valence-electron chi connectivity index (χ3n) is 2.98. The second-order valence-corrected chi connectivity index (χ2v) is 5.28. The number of rotatable bonds is 2. The van der Waals surface area contributed by atoms with Gasteiger partial charge in [0.15, 0.2) is 5.01 Å². The van der Waals surface area contributed by atoms with Gasteiger partial charge in [0.2, 0.25) is 0 Å². The number of hydrogen-bond donors (Lipinski definition) is 1. The molecule has 0 saturated carbocycles. The van der Waals surface area contributed by atoms with Gasteiger partial charge >= 0.3 is 0 Å². The molecule has 1 amide bonds. The van der Waals surface area contributed by atoms with Crippen LogP contribution in [0.2, 0.25) is 0 Å². The van der Waals surface area contributed by atoms with Crippen molar-refractivity contribution in [3.05, 3.63) is 29.3 Å². The van der Waals surface area contributed by atoms with Crippen molar-refractivity contribution in [2.45, 2.75) is 0 Å². The number of para-hydroxylation sites is 1. The van der Waals surface area contributed by atoms with Gasteiger partial charge in [0.25, 0.3) is 5.91 Å². The van der Waals surface area contributed by atoms with E-state index in [9.17, 15) is 4.79 Å². The van der Waals surface area contributed by atoms with Gasteiger partial charge in [-0.3, -0.25) is 4.79 Å². The Morgan fingerprint density at radius 3 is 2.94 bits per heavy atom. The average Bonchev–Trinajstić information content (AvgIpc) is 2.71. The van der Waals surface area contributed by atoms with Crippen molar-refractivity contribution in [3.8, 4) is 0 Å². The largest absolute Gasteiger partial charge is 0.396 e. The lowest BCUT2D eigenvalue weighted by molar-refractivity contribution is 0.0362. The highest BCUT2D eigenvalue weighted by atomic mass is 32.1. The molecule has 2 heterocycles. The first-order chi connectivity index (χ1) is 8.28. The third-order valence-corrected chi connectivity index (χ3v) is 4.00. The number of carbonyl (C=O) groups excluding carboxylic acids is 1. The normalized spacial score (nSPS) is 16.2. The molecule has 1 N–H and O–H groups in total. The van der Waals surface area contributed by atoms with Crippen LogP contribution in [-0.4, -0.2) is 40.6 Å². The Morgan fingerprint density at radius 2 is 2.24 bits per heavy atom. The molecular formula is C12H12N2O2S. The summed E-state index contributed by atoms with van der Waals surface area (Å²) in [6.45, 7) is 1.44. The van der Waals surface area contributed by atoms with Gasteiger partial charge in [-0.25, -0.2) is 4.98 Å². The van der Waals surface area contributed by atoms with Crippen molar-refractivity contribution in [1.29, 1.82) is 0 Å². The van der Waals surface area contributed by atoms with Gasteiger partial charge in [-0.1, -0.05) is 12.1 Å². The Balaban J connectivity index is 1.82. The van der Waals surface area contributed by atoms with E-state index in [-0.39, 0.29) is 18.4 Å². The average molecular weight is 248 g/mol. The molecule has 0 aliphatic carbocycles. The molecule has 1 aliphatic rings. The minimum absolute atomic E-state index is 0.0177. The molecule has 0 atom stereocenters. The Kier molecular flexibility index (Phi) is 2.57. The van der Waals surface area contributed by atoms with Gasteiger partial charge in [0, 0.05) is 25.6 Å². The number of aliphatic hydroxyl groups is 1. The molecule has 3 rings (SSSR count). The molecular weight excluding hydrogens is 236 g/mol. The fraction of sp³-hybridized carbons (Fsp3) is 0.333. The number of aliphatic hydroxyl groups excluding tert-OH is 1. The fourth-order valence-corrected chi connectivity index (χ4v) is 2.88. The standard InChI is InChI=1S/C12H12N2O2S/c15-7-8-5-14(6-8)12(16)11-13-9-3-1-2-4-10(9)17-11/h1-4,8,15H,5-7H2. The maximum atomic E-state index is 12.1. The summed E-state index contributed by atoms with van der Waals surface area (Å²) in [5, 5.41) is 9.46. The number of thiazole rings is 1. The zero-order valence-electron chi connectivity index (χ0n) is 9.17. The maximum Gasteiger partial charge on any atom is 0.282 e. The van der Waals surface area contributed by atoms with E-state index in [1.165, 1.54) is 11.3 Å². The SMILES string of the molecule is O=C(c1nc2ccccc2s1)N1CC(CO)C1. The zero-order chi connectivity index (χ0) is 11.8. The quantitative estimate of drug-likeness (QED) is 0.873. The molecule has 1 aromatic carbocycles. The van der Waals surface area contributed by atoms with Crippen LogP contribution < -0.4 is 0 Å². The highest BCUT2D eigenvalue weighted by Gasteiger charge is 2.31. The van der Waals surface area contributed by atoms with E-state index in [0.717, 1.165) is 10.2 Å². The van der Waals surface area contributed by atoms with Gasteiger partial charge in [-0.05, 0) is 12.1 Å². The van der Waals surface area contributed by atoms with Crippen molar-refractivity contribution in [2.75, 3.05) is 19.7 Å². The fourth-order valence-electron chi connectivity index (χ4n) is 1.95. The van der Waals surface area contributed by atoms with Crippen LogP contribution in [0.1, 0.15) is 9.80 Å². The van der Waals surface area contributed by atoms with Crippen LogP contribution in [0.4, 0.5) is 0 Å². The van der Waals surface area contributed by atoms with E-state index in [0.29, 0.717) is 18.1 Å². The molecule has 88 valence electrons. The van der Waals surface area contributed by atoms with Gasteiger partial charge in [0.05, 0.1) is 10.2 Å². The molecule has 0 spiro atoms. The number of aromatic nitrogens is 1. The van der Waals surface area contributed by atoms with Gasteiger partial charge in [-0.15, -0.1) is 11.3 Å². The number of hydrogen-bond acceptors (Lipinski definition) is 4. The topological polar surface area (TPSA) is 53.4 Å². The highest BCUT2D eigenvalue weighted by molar-refractivity contribution is 7.20. The lowest BCUT2D eigenvalue weighted by Gasteiger charge is -2.37. The molecule has 1 fully saturated rings. The molecule has 2 aromatic rings. The van der Waals surface area contributed by atoms with Crippen molar-refractivity contribution in [2.24, 2.45) is 5.92 Å². The second kappa shape index (κ2) is 4.09. The first-order valence-electron chi connectivity index (χ1n) is 5.53. The predicted molar refractivity (Wildman–Crippen MR) is 66.1 cm³/mol. The number of likely N-dealkylation sites (tertiary alicyclic amines) is 1. The summed E-state index contributed by atoms with van der Waals surface area (Å²) in [6.07, 6.45) is 0. The molecule has 17 heavy (non-hydrogen) atoms. The summed E-state index contributed by atoms with van der Waals surface area (Å²) in [7, 11) is 0. The highest BCUT2D eigenvalue weighted by Crippen LogP contribution is 2.25. The molecule has 0 radical (unpaired) electrons. The van der Waals surface area contributed by atoms with Gasteiger partial charge in [0.1, 0.15) is 0 Å². The number of amides is 1. The summed E-state index contributed by atoms with van der Waals surface area (Å²) >= 11 is 1.43. The predicted octanol–water partition coefficient (Wildman–Crippen LogP) is 1.36. The molecule has 1 saturated heterocycles. The Morgan fingerprint density at radius 1 is 1.47 bits per heavy atom. The van der Waals surface area contributed by atoms with Crippen LogP contribution in [-0.2, 0) is 0 Å². The van der Waals surface area contributed by atoms with Gasteiger partial charge < -0.3 is 10.0 Å². The van der Waals surface area contributed by atoms with E-state index >= 15 is 0 Å². The summed E-state index contributed by atoms with van der Waals surface area (Å²) in [6, 6.07) is 7.74. The number of fused-ring (bicyclic) bond motifs is 1. The van der Waals surface area contributed by atoms with Crippen LogP contribution >= 0.6 is 11.3 Å². The van der Waals surface area contributed by atoms with Crippen LogP contribution in [0.3, 0.4) is 0 Å². The lowest BCUT2D eigenvalue weighted by atomic mass is 10.0. The van der Waals surface area contributed by atoms with E-state index in [4.69, 9.17) is 5.11 Å². The van der Waals surface area contributed by atoms with E-state index < -0.39 is 0 Å². The second-order valence-electron chi connectivity index (χ2n) is 4.25. The summed E-state index contributed by atoms with van der Waals surface area (Å²) in [5.74, 6) is 0.226. The molecule has 0 unspecified atom stereocenters. The van der Waals surface area contributed by atoms with Gasteiger partial charge in [-0.2, -0.15) is 0 Å². The van der Waals surface area contributed by atoms with Crippen molar-refractivity contribution < 1.29 is 9.90 Å². The van der Waals surface area contributed by atoms with Crippen LogP contribution in [0.5, 0.6) is 0 Å². The minimum Gasteiger partial charge on any atom is -0.396 e. The molecule has 4 nitrogen and oxygen atoms in total. The van der Waals surface area contributed by atoms with E-state index in [1.54, 1.807) is 4.90 Å². The molecule has 1 aromatic heterocycles. The van der Waals surface area contributed by atoms with Crippen LogP contribution in [0.15, 0.2) is 24.3 Å². The Bertz CT molecular complexity index is 527. The van der Waals surface area contributed by atoms with E-state index in [1.807, 2.05) is 24.3 Å². The van der Waals surface area contributed by atoms with E-state index in [2.05, 4.69) is 4.98 Å². The number of nitrogens with zero attached hydrogens (tertiary/aromatic N) is 2. The smallest absolute Gasteiger partial charge is 0.282 e. The third kappa shape index (κ3) is 1.81. The van der Waals surface area contributed by atoms with Crippen molar-refractivity contribution in [3.63, 3.8) is 0 Å². The first-order valence-corrected chi connectivity index (χ1v) is 6.35. The van der Waals surface area contributed by atoms with Crippen LogP contribution in [0, 0.1) is 5.92 Å². The first kappa shape index (κ1) is 10.7. The molecule has 0 bridgehead atoms.